The van der Waals surface area contributed by atoms with Gasteiger partial charge in [-0.3, -0.25) is 4.79 Å². The first-order valence-corrected chi connectivity index (χ1v) is 7.10. The van der Waals surface area contributed by atoms with E-state index in [1.165, 1.54) is 23.3 Å². The van der Waals surface area contributed by atoms with Crippen LogP contribution in [0.5, 0.6) is 5.75 Å². The SMILES string of the molecule is C=CC[C@@H](C(=O)OC)N(C)C(=O)c1sccc1OCC. The Morgan fingerprint density at radius 2 is 2.25 bits per heavy atom. The Bertz CT molecular complexity index is 483. The van der Waals surface area contributed by atoms with Gasteiger partial charge in [0, 0.05) is 7.05 Å². The van der Waals surface area contributed by atoms with Gasteiger partial charge in [-0.05, 0) is 24.8 Å². The number of ether oxygens (including phenoxy) is 2. The minimum absolute atomic E-state index is 0.263. The second-order valence-corrected chi connectivity index (χ2v) is 4.94. The van der Waals surface area contributed by atoms with Crippen molar-refractivity contribution in [3.8, 4) is 5.75 Å². The fourth-order valence-electron chi connectivity index (χ4n) is 1.73. The first kappa shape index (κ1) is 16.2. The second kappa shape index (κ2) is 7.69. The summed E-state index contributed by atoms with van der Waals surface area (Å²) in [5, 5.41) is 1.78. The number of nitrogens with zero attached hydrogens (tertiary/aromatic N) is 1. The summed E-state index contributed by atoms with van der Waals surface area (Å²) >= 11 is 1.29. The summed E-state index contributed by atoms with van der Waals surface area (Å²) in [7, 11) is 2.87. The van der Waals surface area contributed by atoms with Crippen LogP contribution in [0.2, 0.25) is 0 Å². The minimum atomic E-state index is -0.679. The number of methoxy groups -OCH3 is 1. The van der Waals surface area contributed by atoms with Crippen molar-refractivity contribution >= 4 is 23.2 Å². The average molecular weight is 297 g/mol. The summed E-state index contributed by atoms with van der Waals surface area (Å²) in [5.74, 6) is -0.187. The van der Waals surface area contributed by atoms with Gasteiger partial charge in [-0.25, -0.2) is 4.79 Å². The highest BCUT2D eigenvalue weighted by Gasteiger charge is 2.29. The zero-order valence-electron chi connectivity index (χ0n) is 11.9. The van der Waals surface area contributed by atoms with E-state index < -0.39 is 12.0 Å². The molecule has 0 bridgehead atoms. The standard InChI is InChI=1S/C14H19NO4S/c1-5-7-10(14(17)18-4)15(3)13(16)12-11(19-6-2)8-9-20-12/h5,8-10H,1,6-7H2,2-4H3/t10-/m0/s1. The maximum absolute atomic E-state index is 12.5. The summed E-state index contributed by atoms with van der Waals surface area (Å²) in [4.78, 5) is 26.0. The van der Waals surface area contributed by atoms with Gasteiger partial charge in [0.15, 0.2) is 0 Å². The number of amides is 1. The van der Waals surface area contributed by atoms with Crippen LogP contribution in [0.25, 0.3) is 0 Å². The smallest absolute Gasteiger partial charge is 0.328 e. The van der Waals surface area contributed by atoms with E-state index in [4.69, 9.17) is 9.47 Å². The van der Waals surface area contributed by atoms with Gasteiger partial charge in [-0.1, -0.05) is 6.08 Å². The Kier molecular flexibility index (Phi) is 6.24. The molecule has 0 radical (unpaired) electrons. The van der Waals surface area contributed by atoms with Crippen LogP contribution in [0, 0.1) is 0 Å². The quantitative estimate of drug-likeness (QED) is 0.572. The lowest BCUT2D eigenvalue weighted by molar-refractivity contribution is -0.145. The molecule has 0 aliphatic rings. The Hall–Kier alpha value is -1.82. The van der Waals surface area contributed by atoms with E-state index in [0.717, 1.165) is 0 Å². The van der Waals surface area contributed by atoms with Crippen LogP contribution in [-0.4, -0.2) is 43.6 Å². The van der Waals surface area contributed by atoms with Gasteiger partial charge in [0.1, 0.15) is 16.7 Å². The number of carbonyl (C=O) groups excluding carboxylic acids is 2. The van der Waals surface area contributed by atoms with Crippen molar-refractivity contribution in [1.82, 2.24) is 4.90 Å². The molecule has 0 saturated carbocycles. The maximum Gasteiger partial charge on any atom is 0.328 e. The molecule has 0 fully saturated rings. The Balaban J connectivity index is 2.95. The number of hydrogen-bond acceptors (Lipinski definition) is 5. The Morgan fingerprint density at radius 1 is 1.55 bits per heavy atom. The van der Waals surface area contributed by atoms with E-state index in [2.05, 4.69) is 6.58 Å². The van der Waals surface area contributed by atoms with Crippen LogP contribution < -0.4 is 4.74 Å². The predicted octanol–water partition coefficient (Wildman–Crippen LogP) is 2.34. The first-order valence-electron chi connectivity index (χ1n) is 6.22. The van der Waals surface area contributed by atoms with Crippen molar-refractivity contribution in [2.45, 2.75) is 19.4 Å². The predicted molar refractivity (Wildman–Crippen MR) is 78.2 cm³/mol. The largest absolute Gasteiger partial charge is 0.492 e. The number of thiophene rings is 1. The average Bonchev–Trinajstić information content (AvgIpc) is 2.91. The fourth-order valence-corrected chi connectivity index (χ4v) is 2.55. The maximum atomic E-state index is 12.5. The molecular weight excluding hydrogens is 278 g/mol. The topological polar surface area (TPSA) is 55.8 Å². The van der Waals surface area contributed by atoms with Gasteiger partial charge in [-0.15, -0.1) is 17.9 Å². The molecule has 20 heavy (non-hydrogen) atoms. The highest BCUT2D eigenvalue weighted by Crippen LogP contribution is 2.27. The molecule has 0 spiro atoms. The van der Waals surface area contributed by atoms with Crippen molar-refractivity contribution in [3.05, 3.63) is 29.0 Å². The van der Waals surface area contributed by atoms with E-state index in [-0.39, 0.29) is 5.91 Å². The summed E-state index contributed by atoms with van der Waals surface area (Å²) in [6, 6.07) is 1.07. The van der Waals surface area contributed by atoms with Gasteiger partial charge in [0.25, 0.3) is 5.91 Å². The second-order valence-electron chi connectivity index (χ2n) is 4.03. The van der Waals surface area contributed by atoms with Gasteiger partial charge in [0.2, 0.25) is 0 Å². The molecule has 0 aliphatic carbocycles. The molecule has 6 heteroatoms. The molecule has 1 aromatic rings. The normalized spacial score (nSPS) is 11.6. The molecule has 110 valence electrons. The number of hydrogen-bond donors (Lipinski definition) is 0. The van der Waals surface area contributed by atoms with E-state index in [1.807, 2.05) is 6.92 Å². The van der Waals surface area contributed by atoms with Crippen LogP contribution in [-0.2, 0) is 9.53 Å². The van der Waals surface area contributed by atoms with Crippen LogP contribution >= 0.6 is 11.3 Å². The van der Waals surface area contributed by atoms with Crippen molar-refractivity contribution in [2.75, 3.05) is 20.8 Å². The van der Waals surface area contributed by atoms with E-state index in [9.17, 15) is 9.59 Å². The molecule has 0 aromatic carbocycles. The molecule has 1 aromatic heterocycles. The molecule has 0 aliphatic heterocycles. The van der Waals surface area contributed by atoms with Crippen LogP contribution in [0.3, 0.4) is 0 Å². The number of rotatable bonds is 7. The van der Waals surface area contributed by atoms with E-state index >= 15 is 0 Å². The third-order valence-electron chi connectivity index (χ3n) is 2.77. The molecule has 1 amide bonds. The third-order valence-corrected chi connectivity index (χ3v) is 3.66. The summed E-state index contributed by atoms with van der Waals surface area (Å²) < 4.78 is 10.1. The van der Waals surface area contributed by atoms with E-state index in [1.54, 1.807) is 24.6 Å². The highest BCUT2D eigenvalue weighted by molar-refractivity contribution is 7.12. The zero-order valence-corrected chi connectivity index (χ0v) is 12.7. The number of esters is 1. The zero-order chi connectivity index (χ0) is 15.1. The summed E-state index contributed by atoms with van der Waals surface area (Å²) in [5.41, 5.74) is 0. The molecule has 0 unspecified atom stereocenters. The van der Waals surface area contributed by atoms with Crippen molar-refractivity contribution < 1.29 is 19.1 Å². The lowest BCUT2D eigenvalue weighted by Gasteiger charge is -2.25. The third kappa shape index (κ3) is 3.60. The van der Waals surface area contributed by atoms with Gasteiger partial charge in [0.05, 0.1) is 13.7 Å². The van der Waals surface area contributed by atoms with Gasteiger partial charge >= 0.3 is 5.97 Å². The molecule has 1 rings (SSSR count). The van der Waals surface area contributed by atoms with Crippen molar-refractivity contribution in [1.29, 1.82) is 0 Å². The lowest BCUT2D eigenvalue weighted by atomic mass is 10.1. The molecule has 1 atom stereocenters. The fraction of sp³-hybridized carbons (Fsp3) is 0.429. The molecule has 0 N–H and O–H groups in total. The van der Waals surface area contributed by atoms with E-state index in [0.29, 0.717) is 23.7 Å². The lowest BCUT2D eigenvalue weighted by Crippen LogP contribution is -2.42. The molecule has 5 nitrogen and oxygen atoms in total. The minimum Gasteiger partial charge on any atom is -0.492 e. The summed E-state index contributed by atoms with van der Waals surface area (Å²) in [6.07, 6.45) is 1.92. The van der Waals surface area contributed by atoms with Crippen LogP contribution in [0.4, 0.5) is 0 Å². The first-order chi connectivity index (χ1) is 9.56. The highest BCUT2D eigenvalue weighted by atomic mass is 32.1. The van der Waals surface area contributed by atoms with Gasteiger partial charge in [-0.2, -0.15) is 0 Å². The van der Waals surface area contributed by atoms with Crippen LogP contribution in [0.15, 0.2) is 24.1 Å². The summed E-state index contributed by atoms with van der Waals surface area (Å²) in [6.45, 7) is 5.93. The van der Waals surface area contributed by atoms with Crippen molar-refractivity contribution in [2.24, 2.45) is 0 Å². The number of likely N-dealkylation sites (N-methyl/N-ethyl adjacent to an activating group) is 1. The molecule has 0 saturated heterocycles. The Labute approximate surface area is 122 Å². The molecule has 1 heterocycles. The molecular formula is C14H19NO4S. The monoisotopic (exact) mass is 297 g/mol. The van der Waals surface area contributed by atoms with Crippen LogP contribution in [0.1, 0.15) is 23.0 Å². The van der Waals surface area contributed by atoms with Crippen molar-refractivity contribution in [3.63, 3.8) is 0 Å². The number of carbonyl (C=O) groups is 2. The Morgan fingerprint density at radius 3 is 2.80 bits per heavy atom. The van der Waals surface area contributed by atoms with Gasteiger partial charge < -0.3 is 14.4 Å².